The van der Waals surface area contributed by atoms with Crippen molar-refractivity contribution in [3.63, 3.8) is 0 Å². The normalized spacial score (nSPS) is 13.6. The molecule has 1 aromatic heterocycles. The van der Waals surface area contributed by atoms with E-state index in [0.717, 1.165) is 10.6 Å². The molecule has 1 aliphatic heterocycles. The monoisotopic (exact) mass is 418 g/mol. The highest BCUT2D eigenvalue weighted by Gasteiger charge is 2.26. The van der Waals surface area contributed by atoms with E-state index in [0.29, 0.717) is 18.0 Å². The van der Waals surface area contributed by atoms with Crippen molar-refractivity contribution in [2.24, 2.45) is 10.8 Å². The minimum Gasteiger partial charge on any atom is -0.366 e. The Morgan fingerprint density at radius 3 is 2.58 bits per heavy atom. The van der Waals surface area contributed by atoms with Crippen molar-refractivity contribution in [2.75, 3.05) is 11.9 Å². The van der Waals surface area contributed by atoms with E-state index in [1.165, 1.54) is 6.07 Å². The topological polar surface area (TPSA) is 144 Å². The molecule has 3 aromatic rings. The van der Waals surface area contributed by atoms with Gasteiger partial charge in [-0.15, -0.1) is 0 Å². The molecule has 2 aromatic carbocycles. The number of nitrogens with zero attached hydrogens (tertiary/aromatic N) is 4. The Morgan fingerprint density at radius 2 is 1.81 bits per heavy atom. The van der Waals surface area contributed by atoms with Crippen molar-refractivity contribution < 1.29 is 18.9 Å². The number of nitrogens with one attached hydrogen (secondary N) is 1. The van der Waals surface area contributed by atoms with Crippen molar-refractivity contribution >= 4 is 29.1 Å². The summed E-state index contributed by atoms with van der Waals surface area (Å²) in [5, 5.41) is 11.8. The van der Waals surface area contributed by atoms with Gasteiger partial charge < -0.3 is 15.6 Å². The lowest BCUT2D eigenvalue weighted by Gasteiger charge is -2.22. The number of carbonyl (C=O) groups excluding carboxylic acids is 3. The summed E-state index contributed by atoms with van der Waals surface area (Å²) in [6.45, 7) is -0.338. The summed E-state index contributed by atoms with van der Waals surface area (Å²) in [6, 6.07) is 15.6. The summed E-state index contributed by atoms with van der Waals surface area (Å²) in [7, 11) is 0. The Hall–Kier alpha value is -4.34. The van der Waals surface area contributed by atoms with Gasteiger partial charge >= 0.3 is 0 Å². The van der Waals surface area contributed by atoms with Crippen LogP contribution in [0.5, 0.6) is 0 Å². The Bertz CT molecular complexity index is 1170. The molecule has 156 valence electrons. The molecule has 4 rings (SSSR count). The second-order valence-corrected chi connectivity index (χ2v) is 6.75. The first-order chi connectivity index (χ1) is 15.0. The average molecular weight is 418 g/mol. The number of hydrazone groups is 1. The molecule has 2 heterocycles. The van der Waals surface area contributed by atoms with Gasteiger partial charge in [-0.25, -0.2) is 5.01 Å². The minimum absolute atomic E-state index is 0.146. The molecular formula is C21H18N6O4. The van der Waals surface area contributed by atoms with Gasteiger partial charge in [0.2, 0.25) is 17.6 Å². The van der Waals surface area contributed by atoms with E-state index < -0.39 is 11.8 Å². The average Bonchev–Trinajstić information content (AvgIpc) is 3.26. The van der Waals surface area contributed by atoms with Crippen LogP contribution in [0, 0.1) is 0 Å². The standard InChI is InChI=1S/C21H18N6O4/c22-19(30)14-8-4-5-9-15(14)23-17(28)12-27-18(29)11-10-16(25-27)21-24-20(26-31-21)13-6-2-1-3-7-13/h1-9H,10-12H2,(H2,22,30)(H,23,28). The first-order valence-electron chi connectivity index (χ1n) is 9.47. The van der Waals surface area contributed by atoms with Crippen LogP contribution in [-0.4, -0.2) is 45.1 Å². The smallest absolute Gasteiger partial charge is 0.274 e. The predicted octanol–water partition coefficient (Wildman–Crippen LogP) is 1.80. The highest BCUT2D eigenvalue weighted by atomic mass is 16.5. The van der Waals surface area contributed by atoms with Crippen LogP contribution < -0.4 is 11.1 Å². The summed E-state index contributed by atoms with van der Waals surface area (Å²) in [6.07, 6.45) is 0.463. The van der Waals surface area contributed by atoms with Crippen LogP contribution in [0.25, 0.3) is 11.4 Å². The van der Waals surface area contributed by atoms with Crippen LogP contribution in [0.2, 0.25) is 0 Å². The van der Waals surface area contributed by atoms with Gasteiger partial charge in [-0.3, -0.25) is 14.4 Å². The number of rotatable bonds is 6. The van der Waals surface area contributed by atoms with Gasteiger partial charge in [0.25, 0.3) is 11.8 Å². The van der Waals surface area contributed by atoms with Crippen LogP contribution in [0.4, 0.5) is 5.69 Å². The molecule has 3 amide bonds. The Labute approximate surface area is 176 Å². The van der Waals surface area contributed by atoms with Gasteiger partial charge in [0.15, 0.2) is 0 Å². The molecule has 0 saturated carbocycles. The van der Waals surface area contributed by atoms with Crippen molar-refractivity contribution in [2.45, 2.75) is 12.8 Å². The first-order valence-corrected chi connectivity index (χ1v) is 9.47. The largest absolute Gasteiger partial charge is 0.366 e. The third kappa shape index (κ3) is 4.47. The maximum atomic E-state index is 12.5. The van der Waals surface area contributed by atoms with Crippen LogP contribution in [0.15, 0.2) is 64.2 Å². The molecule has 0 fully saturated rings. The summed E-state index contributed by atoms with van der Waals surface area (Å²) >= 11 is 0. The van der Waals surface area contributed by atoms with Crippen molar-refractivity contribution in [3.8, 4) is 11.4 Å². The number of para-hydroxylation sites is 1. The van der Waals surface area contributed by atoms with Gasteiger partial charge in [-0.1, -0.05) is 47.6 Å². The van der Waals surface area contributed by atoms with E-state index in [2.05, 4.69) is 20.6 Å². The number of nitrogens with two attached hydrogens (primary N) is 1. The number of carbonyl (C=O) groups is 3. The lowest BCUT2D eigenvalue weighted by molar-refractivity contribution is -0.135. The second kappa shape index (κ2) is 8.57. The highest BCUT2D eigenvalue weighted by Crippen LogP contribution is 2.19. The van der Waals surface area contributed by atoms with E-state index in [1.807, 2.05) is 30.3 Å². The molecule has 0 unspecified atom stereocenters. The number of aromatic nitrogens is 2. The van der Waals surface area contributed by atoms with E-state index in [4.69, 9.17) is 10.3 Å². The van der Waals surface area contributed by atoms with Gasteiger partial charge in [0.1, 0.15) is 12.3 Å². The third-order valence-electron chi connectivity index (χ3n) is 4.57. The zero-order chi connectivity index (χ0) is 21.8. The predicted molar refractivity (Wildman–Crippen MR) is 111 cm³/mol. The van der Waals surface area contributed by atoms with Crippen LogP contribution in [0.1, 0.15) is 29.1 Å². The van der Waals surface area contributed by atoms with Gasteiger partial charge in [-0.05, 0) is 12.1 Å². The molecule has 0 spiro atoms. The fraction of sp³-hybridized carbons (Fsp3) is 0.143. The second-order valence-electron chi connectivity index (χ2n) is 6.75. The Morgan fingerprint density at radius 1 is 1.06 bits per heavy atom. The van der Waals surface area contributed by atoms with Crippen molar-refractivity contribution in [1.82, 2.24) is 15.1 Å². The number of hydrogen-bond acceptors (Lipinski definition) is 7. The number of hydrogen-bond donors (Lipinski definition) is 2. The maximum absolute atomic E-state index is 12.5. The van der Waals surface area contributed by atoms with Crippen LogP contribution in [0.3, 0.4) is 0 Å². The van der Waals surface area contributed by atoms with E-state index in [9.17, 15) is 14.4 Å². The zero-order valence-corrected chi connectivity index (χ0v) is 16.3. The van der Waals surface area contributed by atoms with E-state index >= 15 is 0 Å². The fourth-order valence-electron chi connectivity index (χ4n) is 3.06. The lowest BCUT2D eigenvalue weighted by Crippen LogP contribution is -2.38. The summed E-state index contributed by atoms with van der Waals surface area (Å²) in [5.74, 6) is -0.915. The van der Waals surface area contributed by atoms with Gasteiger partial charge in [0, 0.05) is 18.4 Å². The molecule has 31 heavy (non-hydrogen) atoms. The van der Waals surface area contributed by atoms with E-state index in [-0.39, 0.29) is 36.0 Å². The van der Waals surface area contributed by atoms with Crippen molar-refractivity contribution in [3.05, 3.63) is 66.1 Å². The quantitative estimate of drug-likeness (QED) is 0.625. The maximum Gasteiger partial charge on any atom is 0.274 e. The third-order valence-corrected chi connectivity index (χ3v) is 4.57. The van der Waals surface area contributed by atoms with Crippen LogP contribution >= 0.6 is 0 Å². The molecule has 3 N–H and O–H groups in total. The molecule has 1 aliphatic rings. The Kier molecular flexibility index (Phi) is 5.52. The summed E-state index contributed by atoms with van der Waals surface area (Å²) < 4.78 is 5.30. The molecule has 0 radical (unpaired) electrons. The first kappa shape index (κ1) is 20.0. The fourth-order valence-corrected chi connectivity index (χ4v) is 3.06. The molecule has 0 saturated heterocycles. The molecule has 0 bridgehead atoms. The highest BCUT2D eigenvalue weighted by molar-refractivity contribution is 6.05. The SMILES string of the molecule is NC(=O)c1ccccc1NC(=O)CN1N=C(c2nc(-c3ccccc3)no2)CCC1=O. The summed E-state index contributed by atoms with van der Waals surface area (Å²) in [5.41, 5.74) is 6.96. The zero-order valence-electron chi connectivity index (χ0n) is 16.3. The number of amides is 3. The molecule has 10 heteroatoms. The summed E-state index contributed by atoms with van der Waals surface area (Å²) in [4.78, 5) is 40.6. The minimum atomic E-state index is -0.670. The lowest BCUT2D eigenvalue weighted by atomic mass is 10.1. The number of benzene rings is 2. The number of anilines is 1. The number of primary amides is 1. The molecular weight excluding hydrogens is 400 g/mol. The molecule has 0 atom stereocenters. The molecule has 0 aliphatic carbocycles. The van der Waals surface area contributed by atoms with Crippen molar-refractivity contribution in [1.29, 1.82) is 0 Å². The van der Waals surface area contributed by atoms with E-state index in [1.54, 1.807) is 18.2 Å². The Balaban J connectivity index is 1.49. The van der Waals surface area contributed by atoms with Gasteiger partial charge in [-0.2, -0.15) is 10.1 Å². The van der Waals surface area contributed by atoms with Gasteiger partial charge in [0.05, 0.1) is 11.3 Å². The molecule has 10 nitrogen and oxygen atoms in total. The van der Waals surface area contributed by atoms with Crippen LogP contribution in [-0.2, 0) is 9.59 Å².